The van der Waals surface area contributed by atoms with Gasteiger partial charge in [-0.25, -0.2) is 14.8 Å². The number of nitrogens with one attached hydrogen (secondary N) is 2. The third kappa shape index (κ3) is 3.50. The number of nitrogens with zero attached hydrogens (tertiary/aromatic N) is 3. The molecule has 0 amide bonds. The maximum absolute atomic E-state index is 11.5. The molecule has 0 spiro atoms. The van der Waals surface area contributed by atoms with Crippen molar-refractivity contribution in [2.45, 2.75) is 19.9 Å². The van der Waals surface area contributed by atoms with Gasteiger partial charge in [0, 0.05) is 7.05 Å². The van der Waals surface area contributed by atoms with E-state index < -0.39 is 16.9 Å². The van der Waals surface area contributed by atoms with E-state index in [4.69, 9.17) is 4.74 Å². The molecule has 0 aromatic carbocycles. The molecule has 0 aliphatic heterocycles. The van der Waals surface area contributed by atoms with E-state index in [2.05, 4.69) is 20.6 Å². The van der Waals surface area contributed by atoms with E-state index in [1.54, 1.807) is 6.92 Å². The summed E-state index contributed by atoms with van der Waals surface area (Å²) in [5.41, 5.74) is -0.318. The molecule has 19 heavy (non-hydrogen) atoms. The van der Waals surface area contributed by atoms with Gasteiger partial charge in [-0.1, -0.05) is 0 Å². The van der Waals surface area contributed by atoms with Gasteiger partial charge in [-0.15, -0.1) is 0 Å². The van der Waals surface area contributed by atoms with Gasteiger partial charge in [-0.3, -0.25) is 10.1 Å². The van der Waals surface area contributed by atoms with Gasteiger partial charge in [0.2, 0.25) is 11.6 Å². The summed E-state index contributed by atoms with van der Waals surface area (Å²) in [6.45, 7) is 3.44. The molecule has 0 aliphatic rings. The zero-order valence-electron chi connectivity index (χ0n) is 10.8. The first-order chi connectivity index (χ1) is 9.01. The van der Waals surface area contributed by atoms with Crippen molar-refractivity contribution in [1.29, 1.82) is 0 Å². The molecule has 1 rings (SSSR count). The zero-order chi connectivity index (χ0) is 14.4. The van der Waals surface area contributed by atoms with Crippen molar-refractivity contribution in [2.24, 2.45) is 0 Å². The highest BCUT2D eigenvalue weighted by atomic mass is 16.6. The Morgan fingerprint density at radius 1 is 1.53 bits per heavy atom. The molecule has 2 N–H and O–H groups in total. The lowest BCUT2D eigenvalue weighted by atomic mass is 10.3. The van der Waals surface area contributed by atoms with Crippen LogP contribution in [0, 0.1) is 10.1 Å². The molecule has 9 heteroatoms. The molecule has 104 valence electrons. The third-order valence-corrected chi connectivity index (χ3v) is 2.24. The second-order valence-electron chi connectivity index (χ2n) is 3.54. The van der Waals surface area contributed by atoms with Crippen LogP contribution in [0.5, 0.6) is 0 Å². The summed E-state index contributed by atoms with van der Waals surface area (Å²) in [4.78, 5) is 29.4. The molecule has 0 radical (unpaired) electrons. The second-order valence-corrected chi connectivity index (χ2v) is 3.54. The quantitative estimate of drug-likeness (QED) is 0.442. The predicted octanol–water partition coefficient (Wildman–Crippen LogP) is 0.790. The highest BCUT2D eigenvalue weighted by Gasteiger charge is 2.25. The van der Waals surface area contributed by atoms with Crippen molar-refractivity contribution in [3.05, 3.63) is 16.4 Å². The summed E-state index contributed by atoms with van der Waals surface area (Å²) in [6, 6.07) is -0.752. The second kappa shape index (κ2) is 6.47. The molecule has 0 saturated heterocycles. The van der Waals surface area contributed by atoms with Crippen LogP contribution in [0.1, 0.15) is 13.8 Å². The Kier molecular flexibility index (Phi) is 4.98. The SMILES string of the molecule is CCOC(=O)C(C)Nc1ncnc(NC)c1[N+](=O)[O-]. The Hall–Kier alpha value is -2.45. The van der Waals surface area contributed by atoms with E-state index in [-0.39, 0.29) is 23.9 Å². The van der Waals surface area contributed by atoms with Gasteiger partial charge in [0.05, 0.1) is 11.5 Å². The van der Waals surface area contributed by atoms with Crippen LogP contribution in [-0.2, 0) is 9.53 Å². The summed E-state index contributed by atoms with van der Waals surface area (Å²) in [7, 11) is 1.51. The lowest BCUT2D eigenvalue weighted by Gasteiger charge is -2.13. The maximum atomic E-state index is 11.5. The Labute approximate surface area is 109 Å². The fraction of sp³-hybridized carbons (Fsp3) is 0.500. The Bertz CT molecular complexity index is 479. The Morgan fingerprint density at radius 3 is 2.68 bits per heavy atom. The number of carbonyl (C=O) groups is 1. The van der Waals surface area contributed by atoms with E-state index in [1.165, 1.54) is 20.3 Å². The largest absolute Gasteiger partial charge is 0.464 e. The minimum Gasteiger partial charge on any atom is -0.464 e. The van der Waals surface area contributed by atoms with Gasteiger partial charge >= 0.3 is 11.7 Å². The summed E-state index contributed by atoms with van der Waals surface area (Å²) in [6.07, 6.45) is 1.17. The van der Waals surface area contributed by atoms with Crippen molar-refractivity contribution in [2.75, 3.05) is 24.3 Å². The molecule has 1 aromatic rings. The van der Waals surface area contributed by atoms with Gasteiger partial charge in [-0.05, 0) is 13.8 Å². The van der Waals surface area contributed by atoms with Crippen LogP contribution in [0.4, 0.5) is 17.3 Å². The maximum Gasteiger partial charge on any atom is 0.353 e. The highest BCUT2D eigenvalue weighted by Crippen LogP contribution is 2.28. The number of anilines is 2. The lowest BCUT2D eigenvalue weighted by molar-refractivity contribution is -0.383. The summed E-state index contributed by atoms with van der Waals surface area (Å²) < 4.78 is 4.80. The van der Waals surface area contributed by atoms with Gasteiger partial charge in [0.15, 0.2) is 0 Å². The first-order valence-electron chi connectivity index (χ1n) is 5.61. The van der Waals surface area contributed by atoms with E-state index >= 15 is 0 Å². The number of hydrogen-bond acceptors (Lipinski definition) is 8. The normalized spacial score (nSPS) is 11.5. The molecule has 0 fully saturated rings. The van der Waals surface area contributed by atoms with Crippen molar-refractivity contribution in [3.8, 4) is 0 Å². The van der Waals surface area contributed by atoms with Crippen LogP contribution in [0.15, 0.2) is 6.33 Å². The summed E-state index contributed by atoms with van der Waals surface area (Å²) in [5.74, 6) is -0.482. The van der Waals surface area contributed by atoms with Gasteiger partial charge in [0.25, 0.3) is 0 Å². The molecular formula is C10H15N5O4. The molecule has 9 nitrogen and oxygen atoms in total. The average Bonchev–Trinajstić information content (AvgIpc) is 2.38. The number of ether oxygens (including phenoxy) is 1. The zero-order valence-corrected chi connectivity index (χ0v) is 10.8. The molecule has 0 bridgehead atoms. The molecule has 1 atom stereocenters. The Morgan fingerprint density at radius 2 is 2.16 bits per heavy atom. The molecule has 1 aromatic heterocycles. The number of rotatable bonds is 6. The number of nitro groups is 1. The van der Waals surface area contributed by atoms with Crippen molar-refractivity contribution in [3.63, 3.8) is 0 Å². The highest BCUT2D eigenvalue weighted by molar-refractivity contribution is 5.80. The Balaban J connectivity index is 3.01. The fourth-order valence-corrected chi connectivity index (χ4v) is 1.37. The van der Waals surface area contributed by atoms with Crippen LogP contribution in [0.2, 0.25) is 0 Å². The molecular weight excluding hydrogens is 254 g/mol. The predicted molar refractivity (Wildman–Crippen MR) is 68.0 cm³/mol. The third-order valence-electron chi connectivity index (χ3n) is 2.24. The standard InChI is InChI=1S/C10H15N5O4/c1-4-19-10(16)6(2)14-9-7(15(17)18)8(11-3)12-5-13-9/h5-6H,4H2,1-3H3,(H2,11,12,13,14). The fourth-order valence-electron chi connectivity index (χ4n) is 1.37. The first kappa shape index (κ1) is 14.6. The first-order valence-corrected chi connectivity index (χ1v) is 5.61. The van der Waals surface area contributed by atoms with Gasteiger partial charge < -0.3 is 15.4 Å². The topological polar surface area (TPSA) is 119 Å². The number of aromatic nitrogens is 2. The lowest BCUT2D eigenvalue weighted by Crippen LogP contribution is -2.29. The molecule has 0 aliphatic carbocycles. The minimum atomic E-state index is -0.752. The summed E-state index contributed by atoms with van der Waals surface area (Å²) in [5, 5.41) is 16.2. The monoisotopic (exact) mass is 269 g/mol. The van der Waals surface area contributed by atoms with E-state index in [0.717, 1.165) is 0 Å². The number of hydrogen-bond donors (Lipinski definition) is 2. The van der Waals surface area contributed by atoms with Crippen molar-refractivity contribution in [1.82, 2.24) is 9.97 Å². The number of esters is 1. The molecule has 0 saturated carbocycles. The van der Waals surface area contributed by atoms with Gasteiger partial charge in [0.1, 0.15) is 12.4 Å². The van der Waals surface area contributed by atoms with Crippen LogP contribution in [0.25, 0.3) is 0 Å². The van der Waals surface area contributed by atoms with Crippen LogP contribution < -0.4 is 10.6 Å². The van der Waals surface area contributed by atoms with Crippen LogP contribution >= 0.6 is 0 Å². The smallest absolute Gasteiger partial charge is 0.353 e. The number of carbonyl (C=O) groups excluding carboxylic acids is 1. The van der Waals surface area contributed by atoms with Crippen molar-refractivity contribution >= 4 is 23.3 Å². The molecule has 1 heterocycles. The van der Waals surface area contributed by atoms with E-state index in [1.807, 2.05) is 0 Å². The molecule has 1 unspecified atom stereocenters. The minimum absolute atomic E-state index is 0.0371. The van der Waals surface area contributed by atoms with Crippen LogP contribution in [0.3, 0.4) is 0 Å². The summed E-state index contributed by atoms with van der Waals surface area (Å²) >= 11 is 0. The van der Waals surface area contributed by atoms with Crippen molar-refractivity contribution < 1.29 is 14.5 Å². The van der Waals surface area contributed by atoms with E-state index in [0.29, 0.717) is 0 Å². The van der Waals surface area contributed by atoms with Crippen LogP contribution in [-0.4, -0.2) is 40.6 Å². The van der Waals surface area contributed by atoms with E-state index in [9.17, 15) is 14.9 Å². The van der Waals surface area contributed by atoms with Gasteiger partial charge in [-0.2, -0.15) is 0 Å². The average molecular weight is 269 g/mol.